The fourth-order valence-corrected chi connectivity index (χ4v) is 3.04. The van der Waals surface area contributed by atoms with E-state index in [-0.39, 0.29) is 34.0 Å². The van der Waals surface area contributed by atoms with E-state index in [0.717, 1.165) is 12.8 Å². The van der Waals surface area contributed by atoms with E-state index < -0.39 is 28.6 Å². The van der Waals surface area contributed by atoms with E-state index in [4.69, 9.17) is 0 Å². The van der Waals surface area contributed by atoms with E-state index in [1.165, 1.54) is 17.7 Å². The molecule has 0 bridgehead atoms. The molecule has 23 heavy (non-hydrogen) atoms. The molecule has 1 heterocycles. The van der Waals surface area contributed by atoms with Crippen LogP contribution in [-0.4, -0.2) is 15.6 Å². The molecule has 0 aliphatic heterocycles. The van der Waals surface area contributed by atoms with Crippen LogP contribution in [0.3, 0.4) is 0 Å². The molecule has 0 amide bonds. The minimum absolute atomic E-state index is 0.00704. The number of hydrogen-bond acceptors (Lipinski definition) is 2. The Kier molecular flexibility index (Phi) is 3.50. The summed E-state index contributed by atoms with van der Waals surface area (Å²) in [5.74, 6) is -3.31. The number of carboxylic acids is 1. The molecule has 3 rings (SSSR count). The summed E-state index contributed by atoms with van der Waals surface area (Å²) in [7, 11) is 0. The van der Waals surface area contributed by atoms with Crippen molar-refractivity contribution in [3.05, 3.63) is 44.7 Å². The first-order valence-electron chi connectivity index (χ1n) is 7.55. The Bertz CT molecular complexity index is 895. The zero-order chi connectivity index (χ0) is 17.0. The van der Waals surface area contributed by atoms with E-state index in [0.29, 0.717) is 0 Å². The van der Waals surface area contributed by atoms with E-state index in [2.05, 4.69) is 0 Å². The highest BCUT2D eigenvalue weighted by molar-refractivity contribution is 5.94. The third-order valence-electron chi connectivity index (χ3n) is 4.37. The van der Waals surface area contributed by atoms with Crippen LogP contribution in [-0.2, 0) is 0 Å². The predicted molar refractivity (Wildman–Crippen MR) is 82.2 cm³/mol. The molecule has 6 heteroatoms. The van der Waals surface area contributed by atoms with Gasteiger partial charge in [-0.3, -0.25) is 4.79 Å². The molecule has 1 aliphatic carbocycles. The van der Waals surface area contributed by atoms with Gasteiger partial charge in [-0.2, -0.15) is 0 Å². The second-order valence-electron chi connectivity index (χ2n) is 6.36. The predicted octanol–water partition coefficient (Wildman–Crippen LogP) is 3.74. The topological polar surface area (TPSA) is 59.3 Å². The van der Waals surface area contributed by atoms with E-state index in [9.17, 15) is 23.5 Å². The van der Waals surface area contributed by atoms with E-state index >= 15 is 0 Å². The molecule has 0 atom stereocenters. The minimum atomic E-state index is -1.39. The lowest BCUT2D eigenvalue weighted by Gasteiger charge is -2.18. The van der Waals surface area contributed by atoms with Crippen molar-refractivity contribution < 1.29 is 18.7 Å². The molecule has 122 valence electrons. The molecule has 1 saturated carbocycles. The SMILES string of the molecule is Cc1c(F)c(C(C)C)c(F)c2c1c(=O)c(C(=O)O)cn2C1CC1. The number of halogens is 2. The van der Waals surface area contributed by atoms with Crippen LogP contribution in [0.5, 0.6) is 0 Å². The fraction of sp³-hybridized carbons (Fsp3) is 0.412. The Balaban J connectivity index is 2.57. The summed E-state index contributed by atoms with van der Waals surface area (Å²) in [6, 6.07) is -0.0458. The molecule has 0 radical (unpaired) electrons. The molecule has 0 saturated heterocycles. The number of rotatable bonds is 3. The van der Waals surface area contributed by atoms with Gasteiger partial charge in [-0.25, -0.2) is 13.6 Å². The van der Waals surface area contributed by atoms with Crippen molar-refractivity contribution in [1.29, 1.82) is 0 Å². The highest BCUT2D eigenvalue weighted by atomic mass is 19.1. The summed E-state index contributed by atoms with van der Waals surface area (Å²) in [5, 5.41) is 9.05. The van der Waals surface area contributed by atoms with Crippen molar-refractivity contribution in [2.24, 2.45) is 0 Å². The molecule has 1 fully saturated rings. The number of aryl methyl sites for hydroxylation is 1. The first kappa shape index (κ1) is 15.6. The minimum Gasteiger partial charge on any atom is -0.477 e. The summed E-state index contributed by atoms with van der Waals surface area (Å²) in [4.78, 5) is 23.8. The van der Waals surface area contributed by atoms with Crippen LogP contribution in [0, 0.1) is 18.6 Å². The van der Waals surface area contributed by atoms with Gasteiger partial charge in [0.15, 0.2) is 5.82 Å². The number of benzene rings is 1. The average Bonchev–Trinajstić information content (AvgIpc) is 3.28. The van der Waals surface area contributed by atoms with Crippen LogP contribution < -0.4 is 5.43 Å². The van der Waals surface area contributed by atoms with Crippen molar-refractivity contribution >= 4 is 16.9 Å². The summed E-state index contributed by atoms with van der Waals surface area (Å²) < 4.78 is 31.0. The van der Waals surface area contributed by atoms with E-state index in [1.54, 1.807) is 13.8 Å². The van der Waals surface area contributed by atoms with Crippen LogP contribution in [0.25, 0.3) is 10.9 Å². The summed E-state index contributed by atoms with van der Waals surface area (Å²) >= 11 is 0. The Hall–Kier alpha value is -2.24. The number of aromatic carboxylic acids is 1. The van der Waals surface area contributed by atoms with Crippen LogP contribution in [0.15, 0.2) is 11.0 Å². The van der Waals surface area contributed by atoms with Crippen LogP contribution in [0.1, 0.15) is 60.1 Å². The Morgan fingerprint density at radius 3 is 2.39 bits per heavy atom. The maximum absolute atomic E-state index is 15.0. The molecule has 1 N–H and O–H groups in total. The third kappa shape index (κ3) is 2.24. The van der Waals surface area contributed by atoms with Gasteiger partial charge in [-0.1, -0.05) is 13.8 Å². The van der Waals surface area contributed by atoms with Crippen molar-refractivity contribution in [2.45, 2.75) is 45.6 Å². The number of pyridine rings is 1. The first-order valence-corrected chi connectivity index (χ1v) is 7.55. The molecule has 2 aromatic rings. The molecular weight excluding hydrogens is 304 g/mol. The molecule has 1 aromatic carbocycles. The zero-order valence-electron chi connectivity index (χ0n) is 13.1. The van der Waals surface area contributed by atoms with Crippen LogP contribution in [0.2, 0.25) is 0 Å². The lowest BCUT2D eigenvalue weighted by Crippen LogP contribution is -2.21. The van der Waals surface area contributed by atoms with Crippen LogP contribution >= 0.6 is 0 Å². The van der Waals surface area contributed by atoms with Gasteiger partial charge in [0.1, 0.15) is 11.4 Å². The summed E-state index contributed by atoms with van der Waals surface area (Å²) in [6.07, 6.45) is 2.75. The van der Waals surface area contributed by atoms with Gasteiger partial charge in [-0.05, 0) is 31.2 Å². The highest BCUT2D eigenvalue weighted by Crippen LogP contribution is 2.40. The Morgan fingerprint density at radius 1 is 1.30 bits per heavy atom. The van der Waals surface area contributed by atoms with Crippen LogP contribution in [0.4, 0.5) is 8.78 Å². The van der Waals surface area contributed by atoms with Crippen molar-refractivity contribution in [3.63, 3.8) is 0 Å². The van der Waals surface area contributed by atoms with Gasteiger partial charge >= 0.3 is 5.97 Å². The van der Waals surface area contributed by atoms with Crippen molar-refractivity contribution in [3.8, 4) is 0 Å². The van der Waals surface area contributed by atoms with E-state index in [1.807, 2.05) is 0 Å². The number of carbonyl (C=O) groups is 1. The van der Waals surface area contributed by atoms with Gasteiger partial charge in [0, 0.05) is 17.8 Å². The van der Waals surface area contributed by atoms with Crippen molar-refractivity contribution in [2.75, 3.05) is 0 Å². The monoisotopic (exact) mass is 321 g/mol. The molecule has 4 nitrogen and oxygen atoms in total. The standard InChI is InChI=1S/C17H17F2NO3/c1-7(2)11-13(18)8(3)12-15(14(11)19)20(9-4-5-9)6-10(16(12)21)17(22)23/h6-7,9H,4-5H2,1-3H3,(H,22,23). The maximum atomic E-state index is 15.0. The first-order chi connectivity index (χ1) is 10.8. The van der Waals surface area contributed by atoms with Crippen molar-refractivity contribution in [1.82, 2.24) is 4.57 Å². The number of nitrogens with zero attached hydrogens (tertiary/aromatic N) is 1. The van der Waals surface area contributed by atoms with Gasteiger partial charge < -0.3 is 9.67 Å². The fourth-order valence-electron chi connectivity index (χ4n) is 3.04. The van der Waals surface area contributed by atoms with Gasteiger partial charge in [0.05, 0.1) is 10.9 Å². The quantitative estimate of drug-likeness (QED) is 0.937. The number of hydrogen-bond donors (Lipinski definition) is 1. The highest BCUT2D eigenvalue weighted by Gasteiger charge is 2.31. The molecule has 1 aromatic heterocycles. The largest absolute Gasteiger partial charge is 0.477 e. The normalized spacial score (nSPS) is 14.7. The smallest absolute Gasteiger partial charge is 0.341 e. The Labute approximate surface area is 131 Å². The second-order valence-corrected chi connectivity index (χ2v) is 6.36. The summed E-state index contributed by atoms with van der Waals surface area (Å²) in [5.41, 5.74) is -1.33. The average molecular weight is 321 g/mol. The maximum Gasteiger partial charge on any atom is 0.341 e. The lowest BCUT2D eigenvalue weighted by atomic mass is 9.95. The second kappa shape index (κ2) is 5.15. The number of carboxylic acid groups (broad SMARTS) is 1. The van der Waals surface area contributed by atoms with Gasteiger partial charge in [0.25, 0.3) is 0 Å². The molecule has 0 spiro atoms. The molecular formula is C17H17F2NO3. The van der Waals surface area contributed by atoms with Gasteiger partial charge in [0.2, 0.25) is 5.43 Å². The summed E-state index contributed by atoms with van der Waals surface area (Å²) in [6.45, 7) is 4.75. The lowest BCUT2D eigenvalue weighted by molar-refractivity contribution is 0.0695. The molecule has 0 unspecified atom stereocenters. The number of aromatic nitrogens is 1. The third-order valence-corrected chi connectivity index (χ3v) is 4.37. The zero-order valence-corrected chi connectivity index (χ0v) is 13.1. The molecule has 1 aliphatic rings. The van der Waals surface area contributed by atoms with Gasteiger partial charge in [-0.15, -0.1) is 0 Å². The Morgan fingerprint density at radius 2 is 1.91 bits per heavy atom. The number of fused-ring (bicyclic) bond motifs is 1.